The molecule has 0 radical (unpaired) electrons. The lowest BCUT2D eigenvalue weighted by atomic mass is 10.0. The fourth-order valence-corrected chi connectivity index (χ4v) is 3.68. The molecule has 0 unspecified atom stereocenters. The van der Waals surface area contributed by atoms with Gasteiger partial charge >= 0.3 is 0 Å². The van der Waals surface area contributed by atoms with Crippen LogP contribution < -0.4 is 4.90 Å². The molecule has 0 spiro atoms. The van der Waals surface area contributed by atoms with Gasteiger partial charge in [-0.05, 0) is 32.6 Å². The highest BCUT2D eigenvalue weighted by Crippen LogP contribution is 2.40. The second-order valence-electron chi connectivity index (χ2n) is 4.52. The number of hydrogen-bond acceptors (Lipinski definition) is 5. The fourth-order valence-electron chi connectivity index (χ4n) is 2.85. The number of fused-ring (bicyclic) bond motifs is 2. The van der Waals surface area contributed by atoms with Crippen molar-refractivity contribution >= 4 is 16.5 Å². The van der Waals surface area contributed by atoms with Crippen LogP contribution in [0.4, 0.5) is 5.13 Å². The van der Waals surface area contributed by atoms with Gasteiger partial charge in [-0.3, -0.25) is 0 Å². The molecule has 3 rings (SSSR count). The standard InChI is InChI=1S/C10H15N3OS/c1-6-11-12-10(15-6)13-7-2-3-8(13)5-9(14)4-7/h7-9,14H,2-5H2,1H3/t7-,8-/m0/s1. The number of aryl methyl sites for hydroxylation is 1. The van der Waals surface area contributed by atoms with E-state index in [0.717, 1.165) is 23.0 Å². The molecule has 2 atom stereocenters. The van der Waals surface area contributed by atoms with E-state index in [-0.39, 0.29) is 6.10 Å². The number of piperidine rings is 1. The van der Waals surface area contributed by atoms with E-state index in [9.17, 15) is 5.11 Å². The van der Waals surface area contributed by atoms with Crippen LogP contribution in [0, 0.1) is 6.92 Å². The molecule has 2 aliphatic rings. The molecule has 1 aromatic heterocycles. The van der Waals surface area contributed by atoms with Gasteiger partial charge in [-0.2, -0.15) is 0 Å². The molecule has 1 aromatic rings. The Morgan fingerprint density at radius 3 is 2.47 bits per heavy atom. The molecule has 0 aliphatic carbocycles. The predicted molar refractivity (Wildman–Crippen MR) is 59.2 cm³/mol. The van der Waals surface area contributed by atoms with Gasteiger partial charge < -0.3 is 10.0 Å². The molecular weight excluding hydrogens is 210 g/mol. The minimum absolute atomic E-state index is 0.104. The van der Waals surface area contributed by atoms with Gasteiger partial charge in [-0.25, -0.2) is 0 Å². The monoisotopic (exact) mass is 225 g/mol. The van der Waals surface area contributed by atoms with Crippen molar-refractivity contribution in [3.63, 3.8) is 0 Å². The maximum absolute atomic E-state index is 9.70. The summed E-state index contributed by atoms with van der Waals surface area (Å²) >= 11 is 1.67. The number of aliphatic hydroxyl groups excluding tert-OH is 1. The Labute approximate surface area is 92.9 Å². The van der Waals surface area contributed by atoms with Crippen molar-refractivity contribution in [2.24, 2.45) is 0 Å². The number of nitrogens with zero attached hydrogens (tertiary/aromatic N) is 3. The van der Waals surface area contributed by atoms with E-state index < -0.39 is 0 Å². The summed E-state index contributed by atoms with van der Waals surface area (Å²) in [6.45, 7) is 1.99. The zero-order valence-electron chi connectivity index (χ0n) is 8.76. The number of rotatable bonds is 1. The van der Waals surface area contributed by atoms with Crippen LogP contribution >= 0.6 is 11.3 Å². The topological polar surface area (TPSA) is 49.2 Å². The van der Waals surface area contributed by atoms with Gasteiger partial charge in [0.25, 0.3) is 0 Å². The van der Waals surface area contributed by atoms with Gasteiger partial charge in [0.15, 0.2) is 0 Å². The van der Waals surface area contributed by atoms with Crippen LogP contribution in [0.25, 0.3) is 0 Å². The number of aromatic nitrogens is 2. The lowest BCUT2D eigenvalue weighted by molar-refractivity contribution is 0.126. The third-order valence-corrected chi connectivity index (χ3v) is 4.30. The molecule has 3 heterocycles. The molecule has 82 valence electrons. The van der Waals surface area contributed by atoms with Gasteiger partial charge in [-0.1, -0.05) is 11.3 Å². The van der Waals surface area contributed by atoms with Gasteiger partial charge in [0, 0.05) is 12.1 Å². The van der Waals surface area contributed by atoms with E-state index in [0.29, 0.717) is 12.1 Å². The third-order valence-electron chi connectivity index (χ3n) is 3.44. The summed E-state index contributed by atoms with van der Waals surface area (Å²) in [7, 11) is 0. The second-order valence-corrected chi connectivity index (χ2v) is 5.68. The highest BCUT2D eigenvalue weighted by Gasteiger charge is 2.41. The molecule has 5 heteroatoms. The van der Waals surface area contributed by atoms with Crippen molar-refractivity contribution in [1.82, 2.24) is 10.2 Å². The summed E-state index contributed by atoms with van der Waals surface area (Å²) in [5.74, 6) is 0. The van der Waals surface area contributed by atoms with E-state index in [2.05, 4.69) is 15.1 Å². The van der Waals surface area contributed by atoms with E-state index in [1.807, 2.05) is 6.92 Å². The van der Waals surface area contributed by atoms with Crippen molar-refractivity contribution < 1.29 is 5.11 Å². The molecule has 2 aliphatic heterocycles. The van der Waals surface area contributed by atoms with Gasteiger partial charge in [0.1, 0.15) is 5.01 Å². The first-order chi connectivity index (χ1) is 7.24. The summed E-state index contributed by atoms with van der Waals surface area (Å²) < 4.78 is 0. The zero-order chi connectivity index (χ0) is 10.4. The highest BCUT2D eigenvalue weighted by atomic mass is 32.1. The molecule has 0 saturated carbocycles. The highest BCUT2D eigenvalue weighted by molar-refractivity contribution is 7.15. The molecule has 0 amide bonds. The van der Waals surface area contributed by atoms with Crippen LogP contribution in [0.1, 0.15) is 30.7 Å². The van der Waals surface area contributed by atoms with Crippen LogP contribution in [-0.2, 0) is 0 Å². The van der Waals surface area contributed by atoms with Crippen molar-refractivity contribution in [2.75, 3.05) is 4.90 Å². The van der Waals surface area contributed by atoms with Gasteiger partial charge in [-0.15, -0.1) is 10.2 Å². The Morgan fingerprint density at radius 1 is 1.27 bits per heavy atom. The molecule has 2 saturated heterocycles. The molecule has 2 fully saturated rings. The Balaban J connectivity index is 1.88. The largest absolute Gasteiger partial charge is 0.393 e. The summed E-state index contributed by atoms with van der Waals surface area (Å²) in [4.78, 5) is 2.39. The molecule has 0 aromatic carbocycles. The number of anilines is 1. The van der Waals surface area contributed by atoms with Crippen LogP contribution in [0.5, 0.6) is 0 Å². The van der Waals surface area contributed by atoms with Crippen molar-refractivity contribution in [3.8, 4) is 0 Å². The first kappa shape index (κ1) is 9.54. The second kappa shape index (κ2) is 3.42. The number of hydrogen-bond donors (Lipinski definition) is 1. The zero-order valence-corrected chi connectivity index (χ0v) is 9.57. The maximum atomic E-state index is 9.70. The van der Waals surface area contributed by atoms with E-state index in [1.54, 1.807) is 11.3 Å². The van der Waals surface area contributed by atoms with Crippen molar-refractivity contribution in [1.29, 1.82) is 0 Å². The normalized spacial score (nSPS) is 34.8. The first-order valence-electron chi connectivity index (χ1n) is 5.50. The minimum Gasteiger partial charge on any atom is -0.393 e. The van der Waals surface area contributed by atoms with Crippen LogP contribution in [0.2, 0.25) is 0 Å². The van der Waals surface area contributed by atoms with E-state index in [4.69, 9.17) is 0 Å². The molecule has 1 N–H and O–H groups in total. The molecule has 2 bridgehead atoms. The lowest BCUT2D eigenvalue weighted by Gasteiger charge is -2.36. The van der Waals surface area contributed by atoms with E-state index in [1.165, 1.54) is 12.8 Å². The van der Waals surface area contributed by atoms with Crippen LogP contribution in [0.3, 0.4) is 0 Å². The Morgan fingerprint density at radius 2 is 1.93 bits per heavy atom. The summed E-state index contributed by atoms with van der Waals surface area (Å²) in [5, 5.41) is 20.1. The van der Waals surface area contributed by atoms with Gasteiger partial charge in [0.05, 0.1) is 6.10 Å². The summed E-state index contributed by atoms with van der Waals surface area (Å²) in [6.07, 6.45) is 4.08. The van der Waals surface area contributed by atoms with Gasteiger partial charge in [0.2, 0.25) is 5.13 Å². The van der Waals surface area contributed by atoms with Crippen LogP contribution in [-0.4, -0.2) is 33.5 Å². The Bertz CT molecular complexity index is 353. The third kappa shape index (κ3) is 1.54. The maximum Gasteiger partial charge on any atom is 0.208 e. The van der Waals surface area contributed by atoms with Crippen molar-refractivity contribution in [2.45, 2.75) is 50.8 Å². The fraction of sp³-hybridized carbons (Fsp3) is 0.800. The number of aliphatic hydroxyl groups is 1. The molecule has 15 heavy (non-hydrogen) atoms. The predicted octanol–water partition coefficient (Wildman–Crippen LogP) is 1.34. The Kier molecular flexibility index (Phi) is 2.17. The average molecular weight is 225 g/mol. The summed E-state index contributed by atoms with van der Waals surface area (Å²) in [6, 6.07) is 0.984. The van der Waals surface area contributed by atoms with Crippen LogP contribution in [0.15, 0.2) is 0 Å². The molecule has 4 nitrogen and oxygen atoms in total. The summed E-state index contributed by atoms with van der Waals surface area (Å²) in [5.41, 5.74) is 0. The Hall–Kier alpha value is -0.680. The molecular formula is C10H15N3OS. The minimum atomic E-state index is -0.104. The smallest absolute Gasteiger partial charge is 0.208 e. The lowest BCUT2D eigenvalue weighted by Crippen LogP contribution is -2.44. The SMILES string of the molecule is Cc1nnc(N2[C@H]3CC[C@H]2CC(O)C3)s1. The average Bonchev–Trinajstić information content (AvgIpc) is 2.69. The quantitative estimate of drug-likeness (QED) is 0.783. The van der Waals surface area contributed by atoms with Crippen molar-refractivity contribution in [3.05, 3.63) is 5.01 Å². The first-order valence-corrected chi connectivity index (χ1v) is 6.32. The van der Waals surface area contributed by atoms with E-state index >= 15 is 0 Å².